The Labute approximate surface area is 190 Å². The molecule has 0 spiro atoms. The molecule has 1 atom stereocenters. The van der Waals surface area contributed by atoms with Crippen molar-refractivity contribution in [1.29, 1.82) is 0 Å². The highest BCUT2D eigenvalue weighted by atomic mass is 32.2. The fourth-order valence-electron chi connectivity index (χ4n) is 3.83. The maximum atomic E-state index is 13.1. The molecule has 0 aromatic heterocycles. The van der Waals surface area contributed by atoms with Crippen LogP contribution in [0.1, 0.15) is 43.9 Å². The average molecular weight is 458 g/mol. The van der Waals surface area contributed by atoms with E-state index in [-0.39, 0.29) is 22.6 Å². The standard InChI is InChI=1S/C24H31N3O4S/c1-16(2)13-22(24(29)25-15-19-7-5-17(3)6-8-19)26-32(30,31)21-9-10-23-20(14-21)11-12-27(23)18(4)28/h5-10,14,16,22,26H,11-13,15H2,1-4H3,(H,25,29). The van der Waals surface area contributed by atoms with Crippen molar-refractivity contribution in [3.05, 3.63) is 59.2 Å². The van der Waals surface area contributed by atoms with Crippen LogP contribution in [0.25, 0.3) is 0 Å². The molecule has 7 nitrogen and oxygen atoms in total. The Morgan fingerprint density at radius 1 is 1.09 bits per heavy atom. The minimum absolute atomic E-state index is 0.0697. The molecule has 2 aromatic rings. The smallest absolute Gasteiger partial charge is 0.241 e. The van der Waals surface area contributed by atoms with Gasteiger partial charge in [-0.15, -0.1) is 0 Å². The van der Waals surface area contributed by atoms with Crippen LogP contribution in [0.3, 0.4) is 0 Å². The van der Waals surface area contributed by atoms with Crippen molar-refractivity contribution in [1.82, 2.24) is 10.0 Å². The zero-order valence-corrected chi connectivity index (χ0v) is 19.8. The second-order valence-electron chi connectivity index (χ2n) is 8.72. The summed E-state index contributed by atoms with van der Waals surface area (Å²) in [5.41, 5.74) is 3.63. The van der Waals surface area contributed by atoms with Crippen molar-refractivity contribution in [3.63, 3.8) is 0 Å². The van der Waals surface area contributed by atoms with Crippen LogP contribution in [0.4, 0.5) is 5.69 Å². The second-order valence-corrected chi connectivity index (χ2v) is 10.4. The van der Waals surface area contributed by atoms with E-state index in [0.29, 0.717) is 25.9 Å². The molecular weight excluding hydrogens is 426 g/mol. The maximum absolute atomic E-state index is 13.1. The molecule has 8 heteroatoms. The highest BCUT2D eigenvalue weighted by molar-refractivity contribution is 7.89. The van der Waals surface area contributed by atoms with Crippen molar-refractivity contribution in [2.24, 2.45) is 5.92 Å². The van der Waals surface area contributed by atoms with E-state index in [1.807, 2.05) is 45.0 Å². The Morgan fingerprint density at radius 2 is 1.78 bits per heavy atom. The van der Waals surface area contributed by atoms with Gasteiger partial charge in [-0.3, -0.25) is 9.59 Å². The van der Waals surface area contributed by atoms with Gasteiger partial charge >= 0.3 is 0 Å². The van der Waals surface area contributed by atoms with Crippen LogP contribution in [0.15, 0.2) is 47.4 Å². The lowest BCUT2D eigenvalue weighted by molar-refractivity contribution is -0.123. The molecule has 2 N–H and O–H groups in total. The van der Waals surface area contributed by atoms with E-state index < -0.39 is 16.1 Å². The Kier molecular flexibility index (Phi) is 7.36. The van der Waals surface area contributed by atoms with E-state index in [2.05, 4.69) is 10.0 Å². The number of nitrogens with one attached hydrogen (secondary N) is 2. The van der Waals surface area contributed by atoms with E-state index in [4.69, 9.17) is 0 Å². The molecule has 2 amide bonds. The normalized spacial score (nSPS) is 14.3. The van der Waals surface area contributed by atoms with Crippen LogP contribution in [-0.4, -0.2) is 32.8 Å². The van der Waals surface area contributed by atoms with Gasteiger partial charge < -0.3 is 10.2 Å². The van der Waals surface area contributed by atoms with Gasteiger partial charge in [0, 0.05) is 25.7 Å². The van der Waals surface area contributed by atoms with Crippen LogP contribution in [-0.2, 0) is 32.6 Å². The molecule has 0 aliphatic carbocycles. The summed E-state index contributed by atoms with van der Waals surface area (Å²) < 4.78 is 28.8. The third-order valence-corrected chi connectivity index (χ3v) is 7.01. The summed E-state index contributed by atoms with van der Waals surface area (Å²) in [5.74, 6) is -0.302. The van der Waals surface area contributed by atoms with E-state index in [9.17, 15) is 18.0 Å². The minimum Gasteiger partial charge on any atom is -0.351 e. The molecule has 0 bridgehead atoms. The van der Waals surface area contributed by atoms with E-state index in [1.165, 1.54) is 13.0 Å². The van der Waals surface area contributed by atoms with Crippen molar-refractivity contribution < 1.29 is 18.0 Å². The number of fused-ring (bicyclic) bond motifs is 1. The molecule has 1 unspecified atom stereocenters. The van der Waals surface area contributed by atoms with Gasteiger partial charge in [0.25, 0.3) is 0 Å². The summed E-state index contributed by atoms with van der Waals surface area (Å²) in [6, 6.07) is 11.7. The fraction of sp³-hybridized carbons (Fsp3) is 0.417. The summed E-state index contributed by atoms with van der Waals surface area (Å²) in [7, 11) is -3.91. The molecule has 1 aliphatic rings. The van der Waals surface area contributed by atoms with E-state index in [0.717, 1.165) is 22.4 Å². The van der Waals surface area contributed by atoms with E-state index in [1.54, 1.807) is 17.0 Å². The fourth-order valence-corrected chi connectivity index (χ4v) is 5.08. The summed E-state index contributed by atoms with van der Waals surface area (Å²) in [4.78, 5) is 26.3. The number of anilines is 1. The lowest BCUT2D eigenvalue weighted by Crippen LogP contribution is -2.47. The summed E-state index contributed by atoms with van der Waals surface area (Å²) in [5, 5.41) is 2.85. The molecule has 0 radical (unpaired) electrons. The van der Waals surface area contributed by atoms with Gasteiger partial charge in [-0.05, 0) is 55.0 Å². The predicted octanol–water partition coefficient (Wildman–Crippen LogP) is 2.91. The highest BCUT2D eigenvalue weighted by Crippen LogP contribution is 2.30. The number of rotatable bonds is 8. The van der Waals surface area contributed by atoms with Crippen LogP contribution < -0.4 is 14.9 Å². The maximum Gasteiger partial charge on any atom is 0.241 e. The van der Waals surface area contributed by atoms with Gasteiger partial charge in [0.1, 0.15) is 6.04 Å². The van der Waals surface area contributed by atoms with Crippen molar-refractivity contribution >= 4 is 27.5 Å². The monoisotopic (exact) mass is 457 g/mol. The second kappa shape index (κ2) is 9.83. The number of carbonyl (C=O) groups is 2. The van der Waals surface area contributed by atoms with Crippen LogP contribution in [0, 0.1) is 12.8 Å². The number of hydrogen-bond acceptors (Lipinski definition) is 4. The first-order valence-electron chi connectivity index (χ1n) is 10.8. The van der Waals surface area contributed by atoms with Gasteiger partial charge in [-0.2, -0.15) is 4.72 Å². The average Bonchev–Trinajstić information content (AvgIpc) is 3.16. The van der Waals surface area contributed by atoms with Crippen LogP contribution in [0.2, 0.25) is 0 Å². The minimum atomic E-state index is -3.91. The molecule has 0 saturated carbocycles. The lowest BCUT2D eigenvalue weighted by Gasteiger charge is -2.21. The Morgan fingerprint density at radius 3 is 2.41 bits per heavy atom. The molecule has 172 valence electrons. The van der Waals surface area contributed by atoms with Crippen LogP contribution >= 0.6 is 0 Å². The molecule has 0 fully saturated rings. The van der Waals surface area contributed by atoms with Gasteiger partial charge in [-0.1, -0.05) is 43.7 Å². The van der Waals surface area contributed by atoms with Crippen LogP contribution in [0.5, 0.6) is 0 Å². The number of amides is 2. The predicted molar refractivity (Wildman–Crippen MR) is 125 cm³/mol. The number of carbonyl (C=O) groups excluding carboxylic acids is 2. The van der Waals surface area contributed by atoms with Gasteiger partial charge in [0.05, 0.1) is 4.90 Å². The number of benzene rings is 2. The summed E-state index contributed by atoms with van der Waals surface area (Å²) in [6.07, 6.45) is 0.979. The lowest BCUT2D eigenvalue weighted by atomic mass is 10.0. The summed E-state index contributed by atoms with van der Waals surface area (Å²) in [6.45, 7) is 8.24. The first-order chi connectivity index (χ1) is 15.1. The molecule has 1 aliphatic heterocycles. The quantitative estimate of drug-likeness (QED) is 0.637. The number of hydrogen-bond donors (Lipinski definition) is 2. The first kappa shape index (κ1) is 23.9. The Hall–Kier alpha value is -2.71. The number of aryl methyl sites for hydroxylation is 1. The zero-order chi connectivity index (χ0) is 23.5. The van der Waals surface area contributed by atoms with Crippen molar-refractivity contribution in [3.8, 4) is 0 Å². The number of nitrogens with zero attached hydrogens (tertiary/aromatic N) is 1. The first-order valence-corrected chi connectivity index (χ1v) is 12.3. The molecule has 0 saturated heterocycles. The Bertz CT molecular complexity index is 1090. The summed E-state index contributed by atoms with van der Waals surface area (Å²) >= 11 is 0. The molecular formula is C24H31N3O4S. The zero-order valence-electron chi connectivity index (χ0n) is 19.0. The van der Waals surface area contributed by atoms with Crippen molar-refractivity contribution in [2.45, 2.75) is 58.0 Å². The van der Waals surface area contributed by atoms with Gasteiger partial charge in [0.15, 0.2) is 0 Å². The van der Waals surface area contributed by atoms with Gasteiger partial charge in [0.2, 0.25) is 21.8 Å². The Balaban J connectivity index is 1.74. The third kappa shape index (κ3) is 5.75. The van der Waals surface area contributed by atoms with E-state index >= 15 is 0 Å². The van der Waals surface area contributed by atoms with Gasteiger partial charge in [-0.25, -0.2) is 8.42 Å². The molecule has 3 rings (SSSR count). The largest absolute Gasteiger partial charge is 0.351 e. The highest BCUT2D eigenvalue weighted by Gasteiger charge is 2.29. The molecule has 2 aromatic carbocycles. The molecule has 32 heavy (non-hydrogen) atoms. The topological polar surface area (TPSA) is 95.6 Å². The number of sulfonamides is 1. The molecule has 1 heterocycles. The SMILES string of the molecule is CC(=O)N1CCc2cc(S(=O)(=O)NC(CC(C)C)C(=O)NCc3ccc(C)cc3)ccc21. The van der Waals surface area contributed by atoms with Crippen molar-refractivity contribution in [2.75, 3.05) is 11.4 Å². The third-order valence-electron chi connectivity index (χ3n) is 5.55.